The number of carbonyl (C=O) groups excluding carboxylic acids is 1. The lowest BCUT2D eigenvalue weighted by Crippen LogP contribution is -2.48. The van der Waals surface area contributed by atoms with Gasteiger partial charge >= 0.3 is 0 Å². The average molecular weight is 361 g/mol. The minimum absolute atomic E-state index is 0.0310. The fourth-order valence-corrected chi connectivity index (χ4v) is 3.46. The number of amides is 1. The Labute approximate surface area is 132 Å². The zero-order valence-electron chi connectivity index (χ0n) is 11.9. The number of ether oxygens (including phenoxy) is 1. The SMILES string of the molecule is CC(C)CN1CCOC(CNC(=O)c2csc(Br)c2)C1. The van der Waals surface area contributed by atoms with E-state index in [1.54, 1.807) is 0 Å². The van der Waals surface area contributed by atoms with Crippen molar-refractivity contribution in [2.45, 2.75) is 20.0 Å². The molecule has 0 aliphatic carbocycles. The lowest BCUT2D eigenvalue weighted by molar-refractivity contribution is -0.0295. The summed E-state index contributed by atoms with van der Waals surface area (Å²) in [6, 6.07) is 1.84. The second kappa shape index (κ2) is 7.54. The summed E-state index contributed by atoms with van der Waals surface area (Å²) in [6.45, 7) is 8.73. The Balaban J connectivity index is 1.77. The van der Waals surface area contributed by atoms with E-state index < -0.39 is 0 Å². The van der Waals surface area contributed by atoms with Crippen LogP contribution >= 0.6 is 27.3 Å². The zero-order valence-corrected chi connectivity index (χ0v) is 14.3. The molecule has 0 bridgehead atoms. The molecule has 20 heavy (non-hydrogen) atoms. The number of hydrogen-bond acceptors (Lipinski definition) is 4. The molecule has 0 radical (unpaired) electrons. The summed E-state index contributed by atoms with van der Waals surface area (Å²) in [5, 5.41) is 4.80. The molecule has 0 saturated carbocycles. The summed E-state index contributed by atoms with van der Waals surface area (Å²) < 4.78 is 6.69. The van der Waals surface area contributed by atoms with Crippen molar-refractivity contribution < 1.29 is 9.53 Å². The summed E-state index contributed by atoms with van der Waals surface area (Å²) >= 11 is 4.88. The maximum absolute atomic E-state index is 12.0. The van der Waals surface area contributed by atoms with Crippen molar-refractivity contribution in [1.29, 1.82) is 0 Å². The van der Waals surface area contributed by atoms with Crippen LogP contribution in [0.2, 0.25) is 0 Å². The fourth-order valence-electron chi connectivity index (χ4n) is 2.32. The van der Waals surface area contributed by atoms with Crippen LogP contribution in [0.1, 0.15) is 24.2 Å². The number of morpholine rings is 1. The topological polar surface area (TPSA) is 41.6 Å². The molecule has 0 spiro atoms. The Hall–Kier alpha value is -0.430. The largest absolute Gasteiger partial charge is 0.374 e. The number of nitrogens with zero attached hydrogens (tertiary/aromatic N) is 1. The van der Waals surface area contributed by atoms with Crippen LogP contribution in [0, 0.1) is 5.92 Å². The van der Waals surface area contributed by atoms with Gasteiger partial charge in [-0.15, -0.1) is 11.3 Å². The maximum atomic E-state index is 12.0. The molecule has 1 atom stereocenters. The van der Waals surface area contributed by atoms with Gasteiger partial charge < -0.3 is 10.1 Å². The van der Waals surface area contributed by atoms with E-state index in [2.05, 4.69) is 40.0 Å². The van der Waals surface area contributed by atoms with Crippen LogP contribution in [0.3, 0.4) is 0 Å². The van der Waals surface area contributed by atoms with Gasteiger partial charge in [-0.2, -0.15) is 0 Å². The van der Waals surface area contributed by atoms with Gasteiger partial charge in [-0.25, -0.2) is 0 Å². The van der Waals surface area contributed by atoms with E-state index >= 15 is 0 Å². The summed E-state index contributed by atoms with van der Waals surface area (Å²) in [4.78, 5) is 14.4. The molecule has 4 nitrogen and oxygen atoms in total. The van der Waals surface area contributed by atoms with Crippen LogP contribution in [-0.2, 0) is 4.74 Å². The van der Waals surface area contributed by atoms with E-state index in [0.29, 0.717) is 18.0 Å². The van der Waals surface area contributed by atoms with E-state index in [-0.39, 0.29) is 12.0 Å². The highest BCUT2D eigenvalue weighted by Crippen LogP contribution is 2.20. The smallest absolute Gasteiger partial charge is 0.252 e. The minimum Gasteiger partial charge on any atom is -0.374 e. The van der Waals surface area contributed by atoms with Gasteiger partial charge in [0.25, 0.3) is 5.91 Å². The van der Waals surface area contributed by atoms with Crippen LogP contribution < -0.4 is 5.32 Å². The highest BCUT2D eigenvalue weighted by Gasteiger charge is 2.21. The first-order valence-corrected chi connectivity index (χ1v) is 8.58. The van der Waals surface area contributed by atoms with E-state index in [4.69, 9.17) is 4.74 Å². The van der Waals surface area contributed by atoms with Gasteiger partial charge in [0, 0.05) is 31.6 Å². The van der Waals surface area contributed by atoms with Crippen LogP contribution in [0.25, 0.3) is 0 Å². The van der Waals surface area contributed by atoms with Gasteiger partial charge in [0.15, 0.2) is 0 Å². The average Bonchev–Trinajstić information content (AvgIpc) is 2.82. The molecule has 1 aromatic rings. The fraction of sp³-hybridized carbons (Fsp3) is 0.643. The molecule has 2 rings (SSSR count). The summed E-state index contributed by atoms with van der Waals surface area (Å²) in [5.74, 6) is 0.628. The van der Waals surface area contributed by atoms with Gasteiger partial charge in [0.1, 0.15) is 0 Å². The van der Waals surface area contributed by atoms with Crippen LogP contribution in [-0.4, -0.2) is 49.7 Å². The third-order valence-electron chi connectivity index (χ3n) is 3.17. The van der Waals surface area contributed by atoms with Gasteiger partial charge in [-0.3, -0.25) is 9.69 Å². The Kier molecular flexibility index (Phi) is 6.01. The van der Waals surface area contributed by atoms with Crippen LogP contribution in [0.4, 0.5) is 0 Å². The summed E-state index contributed by atoms with van der Waals surface area (Å²) in [6.07, 6.45) is 0.0912. The molecule has 1 unspecified atom stereocenters. The molecule has 1 amide bonds. The third kappa shape index (κ3) is 4.84. The monoisotopic (exact) mass is 360 g/mol. The van der Waals surface area contributed by atoms with Crippen molar-refractivity contribution >= 4 is 33.2 Å². The molecule has 1 aliphatic rings. The molecular formula is C14H21BrN2O2S. The number of thiophene rings is 1. The summed E-state index contributed by atoms with van der Waals surface area (Å²) in [7, 11) is 0. The van der Waals surface area contributed by atoms with Gasteiger partial charge in [0.2, 0.25) is 0 Å². The van der Waals surface area contributed by atoms with Crippen LogP contribution in [0.5, 0.6) is 0 Å². The molecule has 2 heterocycles. The molecule has 1 aromatic heterocycles. The number of rotatable bonds is 5. The second-order valence-corrected chi connectivity index (χ2v) is 7.79. The van der Waals surface area contributed by atoms with Crippen molar-refractivity contribution in [2.75, 3.05) is 32.8 Å². The lowest BCUT2D eigenvalue weighted by atomic mass is 10.2. The molecule has 1 N–H and O–H groups in total. The molecule has 112 valence electrons. The Morgan fingerprint density at radius 3 is 3.10 bits per heavy atom. The maximum Gasteiger partial charge on any atom is 0.252 e. The highest BCUT2D eigenvalue weighted by molar-refractivity contribution is 9.11. The molecule has 0 aromatic carbocycles. The van der Waals surface area contributed by atoms with Crippen molar-refractivity contribution in [3.05, 3.63) is 20.8 Å². The predicted octanol–water partition coefficient (Wildman–Crippen LogP) is 2.60. The highest BCUT2D eigenvalue weighted by atomic mass is 79.9. The predicted molar refractivity (Wildman–Crippen MR) is 85.4 cm³/mol. The van der Waals surface area contributed by atoms with Gasteiger partial charge in [0.05, 0.1) is 22.1 Å². The number of carbonyl (C=O) groups is 1. The molecule has 1 aliphatic heterocycles. The quantitative estimate of drug-likeness (QED) is 0.877. The zero-order chi connectivity index (χ0) is 14.5. The Morgan fingerprint density at radius 1 is 1.65 bits per heavy atom. The van der Waals surface area contributed by atoms with Gasteiger partial charge in [-0.1, -0.05) is 13.8 Å². The van der Waals surface area contributed by atoms with Crippen molar-refractivity contribution in [3.8, 4) is 0 Å². The standard InChI is InChI=1S/C14H21BrN2O2S/c1-10(2)7-17-3-4-19-12(8-17)6-16-14(18)11-5-13(15)20-9-11/h5,9-10,12H,3-4,6-8H2,1-2H3,(H,16,18). The summed E-state index contributed by atoms with van der Waals surface area (Å²) in [5.41, 5.74) is 0.705. The normalized spacial score (nSPS) is 20.3. The van der Waals surface area contributed by atoms with Crippen molar-refractivity contribution in [1.82, 2.24) is 10.2 Å². The second-order valence-electron chi connectivity index (χ2n) is 5.50. The van der Waals surface area contributed by atoms with Crippen molar-refractivity contribution in [2.24, 2.45) is 5.92 Å². The molecule has 1 fully saturated rings. The van der Waals surface area contributed by atoms with E-state index in [1.165, 1.54) is 11.3 Å². The minimum atomic E-state index is -0.0310. The first kappa shape index (κ1) is 15.9. The number of nitrogens with one attached hydrogen (secondary N) is 1. The third-order valence-corrected chi connectivity index (χ3v) is 4.67. The van der Waals surface area contributed by atoms with E-state index in [1.807, 2.05) is 11.4 Å². The van der Waals surface area contributed by atoms with Crippen molar-refractivity contribution in [3.63, 3.8) is 0 Å². The molecule has 6 heteroatoms. The number of hydrogen-bond donors (Lipinski definition) is 1. The first-order chi connectivity index (χ1) is 9.54. The Morgan fingerprint density at radius 2 is 2.45 bits per heavy atom. The van der Waals surface area contributed by atoms with Crippen LogP contribution in [0.15, 0.2) is 15.2 Å². The van der Waals surface area contributed by atoms with E-state index in [9.17, 15) is 4.79 Å². The lowest BCUT2D eigenvalue weighted by Gasteiger charge is -2.33. The number of halogens is 1. The Bertz CT molecular complexity index is 450. The molecule has 1 saturated heterocycles. The van der Waals surface area contributed by atoms with E-state index in [0.717, 1.165) is 30.0 Å². The first-order valence-electron chi connectivity index (χ1n) is 6.91. The van der Waals surface area contributed by atoms with Gasteiger partial charge in [-0.05, 0) is 27.9 Å². The molecular weight excluding hydrogens is 340 g/mol.